The highest BCUT2D eigenvalue weighted by Crippen LogP contribution is 2.11. The van der Waals surface area contributed by atoms with Gasteiger partial charge in [-0.1, -0.05) is 24.8 Å². The third-order valence-corrected chi connectivity index (χ3v) is 1.63. The van der Waals surface area contributed by atoms with E-state index >= 15 is 0 Å². The molecule has 0 rings (SSSR count). The quantitative estimate of drug-likeness (QED) is 0.578. The Hall–Kier alpha value is 0.640. The summed E-state index contributed by atoms with van der Waals surface area (Å²) in [4.78, 5) is 0. The normalized spacial score (nSPS) is 10.3. The minimum absolute atomic E-state index is 0.797. The van der Waals surface area contributed by atoms with Crippen molar-refractivity contribution in [2.75, 3.05) is 5.75 Å². The Morgan fingerprint density at radius 3 is 2.29 bits per heavy atom. The molecule has 0 heterocycles. The molecule has 0 aromatic rings. The summed E-state index contributed by atoms with van der Waals surface area (Å²) in [5, 5.41) is 0. The van der Waals surface area contributed by atoms with Crippen molar-refractivity contribution in [1.82, 2.24) is 0 Å². The average molecular weight is 139 g/mol. The molecular formula is C5H11ClS. The zero-order chi connectivity index (χ0) is 5.70. The van der Waals surface area contributed by atoms with Crippen LogP contribution in [0.15, 0.2) is 0 Å². The highest BCUT2D eigenvalue weighted by Gasteiger charge is 1.90. The summed E-state index contributed by atoms with van der Waals surface area (Å²) < 4.78 is 0. The fraction of sp³-hybridized carbons (Fsp3) is 1.00. The molecule has 0 unspecified atom stereocenters. The third kappa shape index (κ3) is 6.64. The molecule has 0 radical (unpaired) electrons. The molecule has 0 spiro atoms. The van der Waals surface area contributed by atoms with Crippen LogP contribution in [0.1, 0.15) is 20.3 Å². The molecule has 0 aromatic heterocycles. The van der Waals surface area contributed by atoms with Crippen LogP contribution in [-0.2, 0) is 0 Å². The summed E-state index contributed by atoms with van der Waals surface area (Å²) in [6, 6.07) is 0. The molecule has 0 aliphatic carbocycles. The number of halogens is 1. The molecule has 0 aliphatic heterocycles. The average Bonchev–Trinajstić information content (AvgIpc) is 1.61. The number of hydrogen-bond donors (Lipinski definition) is 0. The summed E-state index contributed by atoms with van der Waals surface area (Å²) in [5.41, 5.74) is 0. The Morgan fingerprint density at radius 2 is 2.14 bits per heavy atom. The van der Waals surface area contributed by atoms with Crippen molar-refractivity contribution in [3.63, 3.8) is 0 Å². The van der Waals surface area contributed by atoms with Crippen molar-refractivity contribution in [2.24, 2.45) is 5.92 Å². The Labute approximate surface area is 54.1 Å². The molecule has 0 aliphatic rings. The zero-order valence-corrected chi connectivity index (χ0v) is 6.35. The Morgan fingerprint density at radius 1 is 1.57 bits per heavy atom. The Kier molecular flexibility index (Phi) is 5.23. The number of hydrogen-bond acceptors (Lipinski definition) is 1. The molecular weight excluding hydrogens is 128 g/mol. The Balaban J connectivity index is 2.68. The summed E-state index contributed by atoms with van der Waals surface area (Å²) >= 11 is 0. The second-order valence-electron chi connectivity index (χ2n) is 2.00. The van der Waals surface area contributed by atoms with E-state index in [1.54, 1.807) is 0 Å². The van der Waals surface area contributed by atoms with E-state index in [-0.39, 0.29) is 0 Å². The summed E-state index contributed by atoms with van der Waals surface area (Å²) in [6.07, 6.45) is 1.23. The van der Waals surface area contributed by atoms with E-state index in [1.807, 2.05) is 0 Å². The van der Waals surface area contributed by atoms with E-state index in [4.69, 9.17) is 10.7 Å². The first-order chi connectivity index (χ1) is 3.27. The van der Waals surface area contributed by atoms with Gasteiger partial charge in [-0.3, -0.25) is 0 Å². The standard InChI is InChI=1S/C5H11ClS/c1-5(2)3-4-7-6/h5H,3-4H2,1-2H3. The second kappa shape index (κ2) is 4.79. The molecule has 0 nitrogen and oxygen atoms in total. The second-order valence-corrected chi connectivity index (χ2v) is 3.28. The lowest BCUT2D eigenvalue weighted by atomic mass is 10.2. The van der Waals surface area contributed by atoms with Crippen molar-refractivity contribution in [2.45, 2.75) is 20.3 Å². The molecule has 0 atom stereocenters. The first-order valence-corrected chi connectivity index (χ1v) is 4.32. The summed E-state index contributed by atoms with van der Waals surface area (Å²) in [7, 11) is 6.76. The van der Waals surface area contributed by atoms with Gasteiger partial charge in [0.05, 0.1) is 0 Å². The lowest BCUT2D eigenvalue weighted by molar-refractivity contribution is 0.633. The van der Waals surface area contributed by atoms with Gasteiger partial charge >= 0.3 is 0 Å². The summed E-state index contributed by atoms with van der Waals surface area (Å²) in [6.45, 7) is 4.40. The van der Waals surface area contributed by atoms with E-state index in [1.165, 1.54) is 17.4 Å². The van der Waals surface area contributed by atoms with Crippen LogP contribution in [0.5, 0.6) is 0 Å². The molecule has 0 bridgehead atoms. The first-order valence-electron chi connectivity index (χ1n) is 2.51. The summed E-state index contributed by atoms with van der Waals surface area (Å²) in [5.74, 6) is 1.88. The van der Waals surface area contributed by atoms with Crippen molar-refractivity contribution >= 4 is 21.7 Å². The topological polar surface area (TPSA) is 0 Å². The highest BCUT2D eigenvalue weighted by atomic mass is 35.7. The maximum absolute atomic E-state index is 5.36. The van der Waals surface area contributed by atoms with Gasteiger partial charge in [0.1, 0.15) is 0 Å². The van der Waals surface area contributed by atoms with Crippen molar-refractivity contribution in [1.29, 1.82) is 0 Å². The smallest absolute Gasteiger partial charge is 0.00876 e. The molecule has 7 heavy (non-hydrogen) atoms. The van der Waals surface area contributed by atoms with Crippen LogP contribution >= 0.6 is 21.7 Å². The first kappa shape index (κ1) is 7.64. The molecule has 44 valence electrons. The Bertz CT molecular complexity index is 37.1. The minimum Gasteiger partial charge on any atom is -0.0627 e. The van der Waals surface area contributed by atoms with Gasteiger partial charge < -0.3 is 0 Å². The lowest BCUT2D eigenvalue weighted by Gasteiger charge is -1.97. The van der Waals surface area contributed by atoms with Crippen LogP contribution in [0.2, 0.25) is 0 Å². The molecule has 0 fully saturated rings. The monoisotopic (exact) mass is 138 g/mol. The van der Waals surface area contributed by atoms with Crippen LogP contribution in [0, 0.1) is 5.92 Å². The van der Waals surface area contributed by atoms with E-state index in [0.717, 1.165) is 11.7 Å². The van der Waals surface area contributed by atoms with Crippen LogP contribution in [-0.4, -0.2) is 5.75 Å². The van der Waals surface area contributed by atoms with Crippen LogP contribution in [0.3, 0.4) is 0 Å². The van der Waals surface area contributed by atoms with Gasteiger partial charge in [0.15, 0.2) is 0 Å². The van der Waals surface area contributed by atoms with E-state index in [9.17, 15) is 0 Å². The van der Waals surface area contributed by atoms with Crippen LogP contribution in [0.4, 0.5) is 0 Å². The van der Waals surface area contributed by atoms with Gasteiger partial charge in [-0.15, -0.1) is 0 Å². The maximum Gasteiger partial charge on any atom is 0.00876 e. The van der Waals surface area contributed by atoms with Crippen molar-refractivity contribution in [3.05, 3.63) is 0 Å². The van der Waals surface area contributed by atoms with Crippen LogP contribution in [0.25, 0.3) is 0 Å². The molecule has 0 amide bonds. The van der Waals surface area contributed by atoms with E-state index in [2.05, 4.69) is 13.8 Å². The fourth-order valence-corrected chi connectivity index (χ4v) is 1.11. The minimum atomic E-state index is 0.797. The van der Waals surface area contributed by atoms with Crippen molar-refractivity contribution < 1.29 is 0 Å². The van der Waals surface area contributed by atoms with Crippen LogP contribution < -0.4 is 0 Å². The highest BCUT2D eigenvalue weighted by molar-refractivity contribution is 8.21. The number of rotatable bonds is 3. The molecule has 0 saturated carbocycles. The van der Waals surface area contributed by atoms with Crippen molar-refractivity contribution in [3.8, 4) is 0 Å². The fourth-order valence-electron chi connectivity index (χ4n) is 0.280. The van der Waals surface area contributed by atoms with Gasteiger partial charge in [0.2, 0.25) is 0 Å². The zero-order valence-electron chi connectivity index (χ0n) is 4.78. The van der Waals surface area contributed by atoms with E-state index < -0.39 is 0 Å². The molecule has 0 N–H and O–H groups in total. The van der Waals surface area contributed by atoms with Gasteiger partial charge in [-0.2, -0.15) is 0 Å². The molecule has 0 aromatic carbocycles. The van der Waals surface area contributed by atoms with E-state index in [0.29, 0.717) is 0 Å². The largest absolute Gasteiger partial charge is 0.0627 e. The maximum atomic E-state index is 5.36. The third-order valence-electron chi connectivity index (χ3n) is 0.772. The molecule has 0 saturated heterocycles. The SMILES string of the molecule is CC(C)CCSCl. The molecule has 2 heteroatoms. The van der Waals surface area contributed by atoms with Gasteiger partial charge in [0, 0.05) is 5.75 Å². The van der Waals surface area contributed by atoms with Gasteiger partial charge in [0.25, 0.3) is 0 Å². The lowest BCUT2D eigenvalue weighted by Crippen LogP contribution is -1.86. The predicted molar refractivity (Wildman–Crippen MR) is 37.8 cm³/mol. The van der Waals surface area contributed by atoms with Gasteiger partial charge in [-0.05, 0) is 23.0 Å². The van der Waals surface area contributed by atoms with Gasteiger partial charge in [-0.25, -0.2) is 0 Å². The predicted octanol–water partition coefficient (Wildman–Crippen LogP) is 2.92.